The Morgan fingerprint density at radius 2 is 1.27 bits per heavy atom. The van der Waals surface area contributed by atoms with Gasteiger partial charge in [0.25, 0.3) is 0 Å². The van der Waals surface area contributed by atoms with Gasteiger partial charge in [0, 0.05) is 74.0 Å². The molecule has 0 spiro atoms. The molecular weight excluding hydrogens is 909 g/mol. The molecule has 4 amide bonds. The molecule has 5 N–H and O–H groups in total. The third-order valence-corrected chi connectivity index (χ3v) is 16.3. The Morgan fingerprint density at radius 3 is 1.75 bits per heavy atom. The van der Waals surface area contributed by atoms with E-state index in [-0.39, 0.29) is 37.9 Å². The summed E-state index contributed by atoms with van der Waals surface area (Å²) in [5.74, 6) is -1.64. The Kier molecular flexibility index (Phi) is 15.4. The number of ether oxygens (including phenoxy) is 1. The van der Waals surface area contributed by atoms with Crippen LogP contribution in [0, 0.1) is 11.8 Å². The molecule has 23 heteroatoms. The summed E-state index contributed by atoms with van der Waals surface area (Å²) in [7, 11) is -3.54. The van der Waals surface area contributed by atoms with Crippen molar-refractivity contribution < 1.29 is 50.7 Å². The summed E-state index contributed by atoms with van der Waals surface area (Å²) in [5, 5.41) is 19.4. The second-order valence-corrected chi connectivity index (χ2v) is 22.3. The van der Waals surface area contributed by atoms with Gasteiger partial charge in [-0.05, 0) is 62.1 Å². The standard InChI is InChI=1S/C21H26N4O5S2.C20H24N4O6S2/c1-32(28,29)18-13-22-21(31-18)24-20(27)23-17-7-6-15(25-8-10-30-11-9-25)12-16(17)19(26)14-4-2-3-5-14;1-24(2)12-8-9-14(13(10-12)16(25)11-6-4-5-7-11)21-19(28)23-20-22-15(17(26)27)18(31-20)32(3,29)30/h6-7,12-14H,2-5,8-11H2,1H3,(H2,22,23,24,27);8-11H,4-7H2,1-3H3,(H,26,27)(H2,21,22,23,28). The maximum atomic E-state index is 13.3. The van der Waals surface area contributed by atoms with E-state index in [0.29, 0.717) is 47.1 Å². The molecule has 19 nitrogen and oxygen atoms in total. The number of hydrogen-bond donors (Lipinski definition) is 5. The second kappa shape index (κ2) is 20.6. The number of anilines is 6. The van der Waals surface area contributed by atoms with E-state index in [1.165, 1.54) is 6.20 Å². The molecule has 3 aliphatic rings. The molecule has 1 aliphatic heterocycles. The molecular formula is C41H50N8O11S4. The molecule has 7 rings (SSSR count). The number of urea groups is 2. The number of carbonyl (C=O) groups is 5. The first-order valence-corrected chi connectivity index (χ1v) is 25.8. The van der Waals surface area contributed by atoms with E-state index in [0.717, 1.165) is 99.7 Å². The van der Waals surface area contributed by atoms with Gasteiger partial charge in [0.2, 0.25) is 0 Å². The van der Waals surface area contributed by atoms with Crippen molar-refractivity contribution in [3.8, 4) is 0 Å². The summed E-state index contributed by atoms with van der Waals surface area (Å²) in [6.07, 6.45) is 10.6. The number of aromatic nitrogens is 2. The van der Waals surface area contributed by atoms with Gasteiger partial charge in [0.15, 0.2) is 51.4 Å². The van der Waals surface area contributed by atoms with Crippen molar-refractivity contribution in [1.82, 2.24) is 9.97 Å². The molecule has 4 aromatic rings. The molecule has 0 unspecified atom stereocenters. The average molecular weight is 959 g/mol. The summed E-state index contributed by atoms with van der Waals surface area (Å²) in [5.41, 5.74) is 2.70. The summed E-state index contributed by atoms with van der Waals surface area (Å²) in [6, 6.07) is 9.25. The third kappa shape index (κ3) is 12.2. The van der Waals surface area contributed by atoms with Crippen LogP contribution in [0.4, 0.5) is 42.6 Å². The lowest BCUT2D eigenvalue weighted by Crippen LogP contribution is -2.36. The van der Waals surface area contributed by atoms with Gasteiger partial charge in [0.1, 0.15) is 4.21 Å². The number of benzene rings is 2. The molecule has 0 atom stereocenters. The molecule has 0 radical (unpaired) electrons. The van der Waals surface area contributed by atoms with Crippen LogP contribution in [-0.2, 0) is 24.4 Å². The number of nitrogens with zero attached hydrogens (tertiary/aromatic N) is 4. The predicted molar refractivity (Wildman–Crippen MR) is 246 cm³/mol. The number of Topliss-reactive ketones (excluding diaryl/α,β-unsaturated/α-hetero) is 2. The van der Waals surface area contributed by atoms with Crippen LogP contribution >= 0.6 is 22.7 Å². The fourth-order valence-electron chi connectivity index (χ4n) is 7.54. The maximum Gasteiger partial charge on any atom is 0.356 e. The quantitative estimate of drug-likeness (QED) is 0.0870. The number of ketones is 2. The number of morpholine rings is 1. The molecule has 0 bridgehead atoms. The summed E-state index contributed by atoms with van der Waals surface area (Å²) in [4.78, 5) is 74.5. The number of carbonyl (C=O) groups excluding carboxylic acids is 4. The first-order chi connectivity index (χ1) is 30.3. The molecule has 64 heavy (non-hydrogen) atoms. The van der Waals surface area contributed by atoms with Crippen molar-refractivity contribution in [2.24, 2.45) is 11.8 Å². The van der Waals surface area contributed by atoms with Crippen molar-refractivity contribution in [1.29, 1.82) is 0 Å². The normalized spacial score (nSPS) is 15.8. The fraction of sp³-hybridized carbons (Fsp3) is 0.439. The predicted octanol–water partition coefficient (Wildman–Crippen LogP) is 6.73. The van der Waals surface area contributed by atoms with Gasteiger partial charge in [-0.1, -0.05) is 48.4 Å². The number of carboxylic acids is 1. The van der Waals surface area contributed by atoms with Crippen molar-refractivity contribution >= 4 is 105 Å². The van der Waals surface area contributed by atoms with Crippen molar-refractivity contribution in [2.45, 2.75) is 59.8 Å². The van der Waals surface area contributed by atoms with Crippen LogP contribution in [0.1, 0.15) is 82.6 Å². The Hall–Kier alpha value is -5.49. The maximum absolute atomic E-state index is 13.3. The molecule has 344 valence electrons. The lowest BCUT2D eigenvalue weighted by Gasteiger charge is -2.29. The number of hydrogen-bond acceptors (Lipinski definition) is 16. The van der Waals surface area contributed by atoms with Gasteiger partial charge >= 0.3 is 18.0 Å². The zero-order chi connectivity index (χ0) is 46.3. The Balaban J connectivity index is 0.000000213. The van der Waals surface area contributed by atoms with Crippen LogP contribution in [0.2, 0.25) is 0 Å². The van der Waals surface area contributed by atoms with Gasteiger partial charge in [-0.2, -0.15) is 0 Å². The highest BCUT2D eigenvalue weighted by Gasteiger charge is 2.30. The number of thiazole rings is 2. The Morgan fingerprint density at radius 1 is 0.734 bits per heavy atom. The third-order valence-electron chi connectivity index (χ3n) is 10.8. The smallest absolute Gasteiger partial charge is 0.356 e. The lowest BCUT2D eigenvalue weighted by molar-refractivity contribution is 0.0686. The number of carboxylic acid groups (broad SMARTS) is 1. The monoisotopic (exact) mass is 958 g/mol. The SMILES string of the molecule is CN(C)c1ccc(NC(=O)Nc2nc(C(=O)O)c(S(C)(=O)=O)s2)c(C(=O)C2CCCC2)c1.CS(=O)(=O)c1cnc(NC(=O)Nc2ccc(N3CCOCC3)cc2C(=O)C2CCCC2)s1. The van der Waals surface area contributed by atoms with E-state index in [4.69, 9.17) is 4.74 Å². The van der Waals surface area contributed by atoms with E-state index in [9.17, 15) is 45.9 Å². The molecule has 3 heterocycles. The fourth-order valence-corrected chi connectivity index (χ4v) is 11.2. The molecule has 2 aromatic heterocycles. The minimum absolute atomic E-state index is 0.0326. The second-order valence-electron chi connectivity index (χ2n) is 15.8. The first-order valence-electron chi connectivity index (χ1n) is 20.4. The van der Waals surface area contributed by atoms with E-state index >= 15 is 0 Å². The van der Waals surface area contributed by atoms with Gasteiger partial charge in [0.05, 0.1) is 30.8 Å². The highest BCUT2D eigenvalue weighted by molar-refractivity contribution is 7.93. The Labute approximate surface area is 378 Å². The van der Waals surface area contributed by atoms with Gasteiger partial charge in [-0.25, -0.2) is 41.2 Å². The molecule has 2 aromatic carbocycles. The van der Waals surface area contributed by atoms with E-state index < -0.39 is 47.6 Å². The number of amides is 4. The minimum atomic E-state index is -3.84. The Bertz CT molecular complexity index is 2630. The highest BCUT2D eigenvalue weighted by atomic mass is 32.2. The van der Waals surface area contributed by atoms with Crippen molar-refractivity contribution in [3.63, 3.8) is 0 Å². The molecule has 3 fully saturated rings. The minimum Gasteiger partial charge on any atom is -0.476 e. The zero-order valence-corrected chi connectivity index (χ0v) is 38.9. The number of rotatable bonds is 13. The topological polar surface area (TPSA) is 263 Å². The van der Waals surface area contributed by atoms with E-state index in [2.05, 4.69) is 36.1 Å². The first kappa shape index (κ1) is 48.0. The van der Waals surface area contributed by atoms with Crippen LogP contribution in [-0.4, -0.2) is 114 Å². The summed E-state index contributed by atoms with van der Waals surface area (Å²) >= 11 is 1.42. The summed E-state index contributed by atoms with van der Waals surface area (Å²) in [6.45, 7) is 2.77. The van der Waals surface area contributed by atoms with Gasteiger partial charge < -0.3 is 30.3 Å². The molecule has 2 aliphatic carbocycles. The van der Waals surface area contributed by atoms with E-state index in [1.54, 1.807) is 24.3 Å². The van der Waals surface area contributed by atoms with Crippen LogP contribution in [0.5, 0.6) is 0 Å². The van der Waals surface area contributed by atoms with Crippen molar-refractivity contribution in [3.05, 3.63) is 59.4 Å². The molecule has 2 saturated carbocycles. The van der Waals surface area contributed by atoms with E-state index in [1.807, 2.05) is 31.1 Å². The highest BCUT2D eigenvalue weighted by Crippen LogP contribution is 2.35. The van der Waals surface area contributed by atoms with Gasteiger partial charge in [-0.3, -0.25) is 20.2 Å². The zero-order valence-electron chi connectivity index (χ0n) is 35.6. The number of sulfone groups is 2. The number of aromatic carboxylic acids is 1. The average Bonchev–Trinajstić information content (AvgIpc) is 4.09. The van der Waals surface area contributed by atoms with Crippen LogP contribution in [0.15, 0.2) is 51.0 Å². The van der Waals surface area contributed by atoms with Gasteiger partial charge in [-0.15, -0.1) is 0 Å². The number of nitrogens with one attached hydrogen (secondary N) is 4. The summed E-state index contributed by atoms with van der Waals surface area (Å²) < 4.78 is 51.9. The van der Waals surface area contributed by atoms with Crippen molar-refractivity contribution in [2.75, 3.05) is 84.0 Å². The van der Waals surface area contributed by atoms with Crippen LogP contribution in [0.25, 0.3) is 0 Å². The largest absolute Gasteiger partial charge is 0.476 e. The molecule has 1 saturated heterocycles. The van der Waals surface area contributed by atoms with Crippen LogP contribution in [0.3, 0.4) is 0 Å². The lowest BCUT2D eigenvalue weighted by atomic mass is 9.94. The van der Waals surface area contributed by atoms with Crippen LogP contribution < -0.4 is 31.1 Å².